The van der Waals surface area contributed by atoms with Crippen LogP contribution in [0.3, 0.4) is 0 Å². The Balaban J connectivity index is 3.82. The van der Waals surface area contributed by atoms with E-state index in [-0.39, 0.29) is 11.9 Å². The fourth-order valence-corrected chi connectivity index (χ4v) is 2.12. The van der Waals surface area contributed by atoms with Gasteiger partial charge in [-0.3, -0.25) is 9.59 Å². The van der Waals surface area contributed by atoms with E-state index >= 15 is 0 Å². The summed E-state index contributed by atoms with van der Waals surface area (Å²) in [4.78, 5) is 23.4. The monoisotopic (exact) mass is 314 g/mol. The minimum Gasteiger partial charge on any atom is -0.459 e. The highest BCUT2D eigenvalue weighted by Crippen LogP contribution is 2.10. The number of hydrogen-bond donors (Lipinski definition) is 0. The number of unbranched alkanes of at least 4 members (excludes halogenated alkanes) is 6. The van der Waals surface area contributed by atoms with Crippen LogP contribution in [0.25, 0.3) is 0 Å². The van der Waals surface area contributed by atoms with Gasteiger partial charge < -0.3 is 9.47 Å². The molecule has 0 rings (SSSR count). The van der Waals surface area contributed by atoms with E-state index in [2.05, 4.69) is 13.8 Å². The summed E-state index contributed by atoms with van der Waals surface area (Å²) < 4.78 is 10.6. The highest BCUT2D eigenvalue weighted by atomic mass is 16.6. The minimum absolute atomic E-state index is 0.200. The highest BCUT2D eigenvalue weighted by Gasteiger charge is 2.20. The summed E-state index contributed by atoms with van der Waals surface area (Å²) in [5.41, 5.74) is 0. The number of carbonyl (C=O) groups excluding carboxylic acids is 2. The van der Waals surface area contributed by atoms with Crippen LogP contribution < -0.4 is 0 Å². The fourth-order valence-electron chi connectivity index (χ4n) is 2.12. The van der Waals surface area contributed by atoms with Crippen LogP contribution in [0.5, 0.6) is 0 Å². The van der Waals surface area contributed by atoms with Gasteiger partial charge in [0.15, 0.2) is 0 Å². The largest absolute Gasteiger partial charge is 0.459 e. The van der Waals surface area contributed by atoms with Gasteiger partial charge in [0.2, 0.25) is 0 Å². The van der Waals surface area contributed by atoms with Crippen molar-refractivity contribution in [2.75, 3.05) is 0 Å². The van der Waals surface area contributed by atoms with Gasteiger partial charge in [-0.2, -0.15) is 0 Å². The Bertz CT molecular complexity index is 271. The zero-order chi connectivity index (χ0) is 16.8. The van der Waals surface area contributed by atoms with Crippen LogP contribution in [0.4, 0.5) is 0 Å². The molecule has 0 heterocycles. The summed E-state index contributed by atoms with van der Waals surface area (Å²) in [7, 11) is 0. The molecule has 0 aliphatic carbocycles. The zero-order valence-electron chi connectivity index (χ0n) is 14.9. The van der Waals surface area contributed by atoms with Crippen LogP contribution in [0.15, 0.2) is 0 Å². The highest BCUT2D eigenvalue weighted by molar-refractivity contribution is 5.70. The molecule has 0 fully saturated rings. The molecule has 0 amide bonds. The summed E-state index contributed by atoms with van der Waals surface area (Å²) >= 11 is 0. The lowest BCUT2D eigenvalue weighted by atomic mass is 10.1. The van der Waals surface area contributed by atoms with Crippen molar-refractivity contribution in [3.05, 3.63) is 0 Å². The van der Waals surface area contributed by atoms with Gasteiger partial charge in [0.05, 0.1) is 0 Å². The molecule has 0 aromatic rings. The topological polar surface area (TPSA) is 52.6 Å². The molecule has 0 saturated carbocycles. The lowest BCUT2D eigenvalue weighted by molar-refractivity contribution is -0.165. The Kier molecular flexibility index (Phi) is 12.9. The molecule has 22 heavy (non-hydrogen) atoms. The van der Waals surface area contributed by atoms with E-state index in [4.69, 9.17) is 9.47 Å². The normalized spacial score (nSPS) is 13.5. The predicted molar refractivity (Wildman–Crippen MR) is 88.6 cm³/mol. The predicted octanol–water partition coefficient (Wildman–Crippen LogP) is 4.79. The molecule has 0 N–H and O–H groups in total. The van der Waals surface area contributed by atoms with E-state index in [0.29, 0.717) is 12.8 Å². The first-order valence-corrected chi connectivity index (χ1v) is 8.90. The van der Waals surface area contributed by atoms with Gasteiger partial charge in [-0.1, -0.05) is 52.4 Å². The first kappa shape index (κ1) is 20.9. The van der Waals surface area contributed by atoms with E-state index in [1.54, 1.807) is 13.8 Å². The van der Waals surface area contributed by atoms with Crippen molar-refractivity contribution in [2.24, 2.45) is 0 Å². The molecule has 0 spiro atoms. The van der Waals surface area contributed by atoms with Gasteiger partial charge in [0.25, 0.3) is 0 Å². The van der Waals surface area contributed by atoms with Gasteiger partial charge in [0, 0.05) is 12.8 Å². The van der Waals surface area contributed by atoms with Crippen LogP contribution in [0.1, 0.15) is 91.9 Å². The van der Waals surface area contributed by atoms with Gasteiger partial charge in [-0.15, -0.1) is 0 Å². The van der Waals surface area contributed by atoms with Crippen molar-refractivity contribution in [2.45, 2.75) is 104 Å². The molecule has 0 aromatic heterocycles. The Morgan fingerprint density at radius 1 is 0.682 bits per heavy atom. The fraction of sp³-hybridized carbons (Fsp3) is 0.889. The van der Waals surface area contributed by atoms with E-state index < -0.39 is 12.2 Å². The van der Waals surface area contributed by atoms with Crippen molar-refractivity contribution < 1.29 is 19.1 Å². The molecular weight excluding hydrogens is 280 g/mol. The second-order valence-electron chi connectivity index (χ2n) is 6.01. The van der Waals surface area contributed by atoms with E-state index in [1.165, 1.54) is 0 Å². The quantitative estimate of drug-likeness (QED) is 0.362. The Labute approximate surface area is 135 Å². The van der Waals surface area contributed by atoms with Crippen molar-refractivity contribution in [3.8, 4) is 0 Å². The average molecular weight is 314 g/mol. The molecule has 0 aliphatic heterocycles. The Hall–Kier alpha value is -1.06. The minimum atomic E-state index is -0.390. The second kappa shape index (κ2) is 13.6. The van der Waals surface area contributed by atoms with Gasteiger partial charge in [0.1, 0.15) is 12.2 Å². The molecule has 0 aromatic carbocycles. The van der Waals surface area contributed by atoms with Crippen molar-refractivity contribution in [1.82, 2.24) is 0 Å². The lowest BCUT2D eigenvalue weighted by Crippen LogP contribution is -2.30. The molecule has 2 atom stereocenters. The third-order valence-corrected chi connectivity index (χ3v) is 3.76. The number of hydrogen-bond acceptors (Lipinski definition) is 4. The van der Waals surface area contributed by atoms with Crippen LogP contribution in [0.2, 0.25) is 0 Å². The maximum Gasteiger partial charge on any atom is 0.306 e. The van der Waals surface area contributed by atoms with E-state index in [9.17, 15) is 9.59 Å². The molecule has 0 saturated heterocycles. The molecule has 4 heteroatoms. The number of ether oxygens (including phenoxy) is 2. The number of esters is 2. The number of carbonyl (C=O) groups is 2. The van der Waals surface area contributed by atoms with Crippen LogP contribution in [0, 0.1) is 0 Å². The van der Waals surface area contributed by atoms with Crippen molar-refractivity contribution >= 4 is 11.9 Å². The average Bonchev–Trinajstić information content (AvgIpc) is 2.48. The summed E-state index contributed by atoms with van der Waals surface area (Å²) in [5, 5.41) is 0. The van der Waals surface area contributed by atoms with Crippen molar-refractivity contribution in [3.63, 3.8) is 0 Å². The summed E-state index contributed by atoms with van der Waals surface area (Å²) in [6.45, 7) is 7.83. The molecular formula is C18H34O4. The first-order valence-electron chi connectivity index (χ1n) is 8.90. The summed E-state index contributed by atoms with van der Waals surface area (Å²) in [5.74, 6) is -0.399. The van der Waals surface area contributed by atoms with Crippen LogP contribution in [-0.4, -0.2) is 24.1 Å². The van der Waals surface area contributed by atoms with E-state index in [0.717, 1.165) is 51.4 Å². The smallest absolute Gasteiger partial charge is 0.306 e. The summed E-state index contributed by atoms with van der Waals surface area (Å²) in [6.07, 6.45) is 8.55. The third-order valence-electron chi connectivity index (χ3n) is 3.76. The maximum atomic E-state index is 11.7. The van der Waals surface area contributed by atoms with Gasteiger partial charge >= 0.3 is 11.9 Å². The zero-order valence-corrected chi connectivity index (χ0v) is 14.9. The molecule has 0 aliphatic rings. The van der Waals surface area contributed by atoms with Crippen LogP contribution >= 0.6 is 0 Å². The maximum absolute atomic E-state index is 11.7. The standard InChI is InChI=1S/C18H34O4/c1-5-7-9-11-13-17(19)21-15(3)16(4)22-18(20)14-12-10-8-6-2/h15-16H,5-14H2,1-4H3. The van der Waals surface area contributed by atoms with Crippen LogP contribution in [-0.2, 0) is 19.1 Å². The van der Waals surface area contributed by atoms with Gasteiger partial charge in [-0.25, -0.2) is 0 Å². The lowest BCUT2D eigenvalue weighted by Gasteiger charge is -2.20. The SMILES string of the molecule is CCCCCCC(=O)OC(C)C(C)OC(=O)CCCCCC. The molecule has 130 valence electrons. The molecule has 2 unspecified atom stereocenters. The van der Waals surface area contributed by atoms with Crippen molar-refractivity contribution in [1.29, 1.82) is 0 Å². The van der Waals surface area contributed by atoms with E-state index in [1.807, 2.05) is 0 Å². The Morgan fingerprint density at radius 3 is 1.36 bits per heavy atom. The molecule has 0 radical (unpaired) electrons. The summed E-state index contributed by atoms with van der Waals surface area (Å²) in [6, 6.07) is 0. The number of rotatable bonds is 13. The Morgan fingerprint density at radius 2 is 1.05 bits per heavy atom. The molecule has 0 bridgehead atoms. The molecule has 4 nitrogen and oxygen atoms in total. The third kappa shape index (κ3) is 11.6. The first-order chi connectivity index (χ1) is 10.5. The van der Waals surface area contributed by atoms with Gasteiger partial charge in [-0.05, 0) is 26.7 Å². The second-order valence-corrected chi connectivity index (χ2v) is 6.01.